The Morgan fingerprint density at radius 1 is 0.966 bits per heavy atom. The van der Waals surface area contributed by atoms with Crippen molar-refractivity contribution in [2.45, 2.75) is 20.8 Å². The number of rotatable bonds is 8. The molecule has 29 heavy (non-hydrogen) atoms. The van der Waals surface area contributed by atoms with E-state index in [0.717, 1.165) is 10.0 Å². The number of nitrogens with zero attached hydrogens (tertiary/aromatic N) is 1. The number of hydrogen-bond acceptors (Lipinski definition) is 6. The fourth-order valence-electron chi connectivity index (χ4n) is 2.76. The summed E-state index contributed by atoms with van der Waals surface area (Å²) in [5.74, 6) is 1.24. The van der Waals surface area contributed by atoms with E-state index in [-0.39, 0.29) is 11.6 Å². The fourth-order valence-corrected chi connectivity index (χ4v) is 3.03. The van der Waals surface area contributed by atoms with E-state index < -0.39 is 5.97 Å². The molecule has 1 aliphatic rings. The molecule has 0 unspecified atom stereocenters. The molecule has 1 heterocycles. The Kier molecular flexibility index (Phi) is 6.93. The van der Waals surface area contributed by atoms with Crippen LogP contribution in [0.1, 0.15) is 31.9 Å². The van der Waals surface area contributed by atoms with Crippen molar-refractivity contribution in [2.75, 3.05) is 19.8 Å². The third-order valence-corrected chi connectivity index (χ3v) is 4.48. The number of benzene rings is 2. The summed E-state index contributed by atoms with van der Waals surface area (Å²) in [7, 11) is 0. The summed E-state index contributed by atoms with van der Waals surface area (Å²) >= 11 is 3.39. The van der Waals surface area contributed by atoms with Crippen molar-refractivity contribution in [3.05, 3.63) is 57.7 Å². The molecule has 0 N–H and O–H groups in total. The van der Waals surface area contributed by atoms with Crippen LogP contribution in [0.3, 0.4) is 0 Å². The van der Waals surface area contributed by atoms with Crippen LogP contribution < -0.4 is 14.2 Å². The van der Waals surface area contributed by atoms with E-state index in [9.17, 15) is 4.79 Å². The van der Waals surface area contributed by atoms with Gasteiger partial charge in [-0.25, -0.2) is 9.79 Å². The lowest BCUT2D eigenvalue weighted by Gasteiger charge is -2.16. The van der Waals surface area contributed by atoms with E-state index in [2.05, 4.69) is 20.9 Å². The lowest BCUT2D eigenvalue weighted by atomic mass is 10.1. The average molecular weight is 460 g/mol. The van der Waals surface area contributed by atoms with E-state index in [4.69, 9.17) is 18.9 Å². The molecule has 2 aromatic rings. The minimum atomic E-state index is -0.507. The molecule has 2 aromatic carbocycles. The third kappa shape index (κ3) is 4.98. The maximum Gasteiger partial charge on any atom is 0.363 e. The van der Waals surface area contributed by atoms with Crippen LogP contribution in [-0.4, -0.2) is 31.7 Å². The molecule has 0 amide bonds. The molecule has 0 spiro atoms. The van der Waals surface area contributed by atoms with Crippen molar-refractivity contribution in [2.24, 2.45) is 4.99 Å². The average Bonchev–Trinajstić information content (AvgIpc) is 3.07. The van der Waals surface area contributed by atoms with Gasteiger partial charge in [0.2, 0.25) is 11.6 Å². The Balaban J connectivity index is 2.00. The highest BCUT2D eigenvalue weighted by Gasteiger charge is 2.26. The number of carbonyl (C=O) groups excluding carboxylic acids is 1. The van der Waals surface area contributed by atoms with Gasteiger partial charge < -0.3 is 18.9 Å². The van der Waals surface area contributed by atoms with Crippen LogP contribution >= 0.6 is 15.9 Å². The molecule has 7 heteroatoms. The molecule has 0 saturated heterocycles. The molecular formula is C22H22BrNO5. The second kappa shape index (κ2) is 9.60. The lowest BCUT2D eigenvalue weighted by Crippen LogP contribution is -2.08. The number of hydrogen-bond donors (Lipinski definition) is 0. The van der Waals surface area contributed by atoms with Crippen LogP contribution in [0.2, 0.25) is 0 Å². The van der Waals surface area contributed by atoms with Crippen LogP contribution in [0.5, 0.6) is 17.2 Å². The van der Waals surface area contributed by atoms with Crippen LogP contribution in [0.4, 0.5) is 0 Å². The second-order valence-electron chi connectivity index (χ2n) is 5.99. The molecule has 0 saturated carbocycles. The minimum Gasteiger partial charge on any atom is -0.490 e. The first kappa shape index (κ1) is 20.9. The molecule has 0 bridgehead atoms. The van der Waals surface area contributed by atoms with E-state index >= 15 is 0 Å². The number of ether oxygens (including phenoxy) is 4. The molecule has 0 aliphatic carbocycles. The Morgan fingerprint density at radius 2 is 1.55 bits per heavy atom. The first-order valence-corrected chi connectivity index (χ1v) is 10.2. The molecule has 1 aliphatic heterocycles. The zero-order valence-electron chi connectivity index (χ0n) is 16.5. The van der Waals surface area contributed by atoms with Gasteiger partial charge in [-0.1, -0.05) is 28.1 Å². The van der Waals surface area contributed by atoms with E-state index in [1.807, 2.05) is 45.0 Å². The van der Waals surface area contributed by atoms with Crippen LogP contribution in [-0.2, 0) is 9.53 Å². The maximum absolute atomic E-state index is 12.3. The van der Waals surface area contributed by atoms with Crippen molar-refractivity contribution in [1.29, 1.82) is 0 Å². The molecule has 0 atom stereocenters. The summed E-state index contributed by atoms with van der Waals surface area (Å²) in [5, 5.41) is 0. The third-order valence-electron chi connectivity index (χ3n) is 3.95. The monoisotopic (exact) mass is 459 g/mol. The summed E-state index contributed by atoms with van der Waals surface area (Å²) in [5.41, 5.74) is 1.65. The summed E-state index contributed by atoms with van der Waals surface area (Å²) in [6, 6.07) is 11.0. The minimum absolute atomic E-state index is 0.198. The largest absolute Gasteiger partial charge is 0.490 e. The molecular weight excluding hydrogens is 438 g/mol. The molecule has 6 nitrogen and oxygen atoms in total. The van der Waals surface area contributed by atoms with Gasteiger partial charge >= 0.3 is 5.97 Å². The second-order valence-corrected chi connectivity index (χ2v) is 6.90. The molecule has 3 rings (SSSR count). The number of cyclic esters (lactones) is 1. The van der Waals surface area contributed by atoms with Crippen LogP contribution in [0, 0.1) is 0 Å². The van der Waals surface area contributed by atoms with E-state index in [1.54, 1.807) is 18.2 Å². The normalized spacial score (nSPS) is 14.6. The molecule has 152 valence electrons. The molecule has 0 aromatic heterocycles. The number of carbonyl (C=O) groups is 1. The smallest absolute Gasteiger partial charge is 0.363 e. The SMILES string of the molecule is CCOc1cc(C2=NC(=Cc3ccc(Br)cc3)C(=O)O2)cc(OCC)c1OCC. The topological polar surface area (TPSA) is 66.4 Å². The van der Waals surface area contributed by atoms with Gasteiger partial charge in [0, 0.05) is 10.0 Å². The van der Waals surface area contributed by atoms with Gasteiger partial charge in [0.1, 0.15) is 0 Å². The van der Waals surface area contributed by atoms with Crippen LogP contribution in [0.15, 0.2) is 51.6 Å². The highest BCUT2D eigenvalue weighted by molar-refractivity contribution is 9.10. The zero-order chi connectivity index (χ0) is 20.8. The van der Waals surface area contributed by atoms with Crippen LogP contribution in [0.25, 0.3) is 6.08 Å². The summed E-state index contributed by atoms with van der Waals surface area (Å²) in [6.45, 7) is 7.03. The Labute approximate surface area is 178 Å². The summed E-state index contributed by atoms with van der Waals surface area (Å²) in [6.07, 6.45) is 1.68. The van der Waals surface area contributed by atoms with E-state index in [0.29, 0.717) is 42.6 Å². The van der Waals surface area contributed by atoms with Crippen molar-refractivity contribution >= 4 is 33.9 Å². The molecule has 0 fully saturated rings. The molecule has 0 radical (unpaired) electrons. The van der Waals surface area contributed by atoms with E-state index in [1.165, 1.54) is 0 Å². The first-order valence-electron chi connectivity index (χ1n) is 9.40. The summed E-state index contributed by atoms with van der Waals surface area (Å²) in [4.78, 5) is 16.7. The number of halogens is 1. The summed E-state index contributed by atoms with van der Waals surface area (Å²) < 4.78 is 23.5. The van der Waals surface area contributed by atoms with Crippen molar-refractivity contribution in [1.82, 2.24) is 0 Å². The van der Waals surface area contributed by atoms with Gasteiger partial charge in [-0.15, -0.1) is 0 Å². The lowest BCUT2D eigenvalue weighted by molar-refractivity contribution is -0.129. The Hall–Kier alpha value is -2.80. The Bertz CT molecular complexity index is 923. The van der Waals surface area contributed by atoms with Gasteiger partial charge in [-0.3, -0.25) is 0 Å². The predicted octanol–water partition coefficient (Wildman–Crippen LogP) is 4.99. The van der Waals surface area contributed by atoms with Gasteiger partial charge in [-0.2, -0.15) is 0 Å². The van der Waals surface area contributed by atoms with Gasteiger partial charge in [0.05, 0.1) is 19.8 Å². The predicted molar refractivity (Wildman–Crippen MR) is 115 cm³/mol. The zero-order valence-corrected chi connectivity index (χ0v) is 18.1. The fraction of sp³-hybridized carbons (Fsp3) is 0.273. The van der Waals surface area contributed by atoms with Crippen molar-refractivity contribution < 1.29 is 23.7 Å². The van der Waals surface area contributed by atoms with Gasteiger partial charge in [0.25, 0.3) is 0 Å². The number of aliphatic imine (C=N–C) groups is 1. The highest BCUT2D eigenvalue weighted by atomic mass is 79.9. The van der Waals surface area contributed by atoms with Gasteiger partial charge in [-0.05, 0) is 56.7 Å². The van der Waals surface area contributed by atoms with Gasteiger partial charge in [0.15, 0.2) is 17.2 Å². The number of esters is 1. The highest BCUT2D eigenvalue weighted by Crippen LogP contribution is 2.40. The standard InChI is InChI=1S/C22H22BrNO5/c1-4-26-18-12-15(13-19(27-5-2)20(18)28-6-3)21-24-17(22(25)29-21)11-14-7-9-16(23)10-8-14/h7-13H,4-6H2,1-3H3. The quantitative estimate of drug-likeness (QED) is 0.410. The first-order chi connectivity index (χ1) is 14.0. The van der Waals surface area contributed by atoms with Crippen molar-refractivity contribution in [3.63, 3.8) is 0 Å². The maximum atomic E-state index is 12.3. The van der Waals surface area contributed by atoms with Crippen molar-refractivity contribution in [3.8, 4) is 17.2 Å². The Morgan fingerprint density at radius 3 is 2.10 bits per heavy atom.